The summed E-state index contributed by atoms with van der Waals surface area (Å²) in [5.74, 6) is -0.272. The Bertz CT molecular complexity index is 1710. The molecule has 0 aromatic heterocycles. The number of benzene rings is 4. The van der Waals surface area contributed by atoms with E-state index in [0.29, 0.717) is 17.0 Å². The van der Waals surface area contributed by atoms with Gasteiger partial charge in [-0.15, -0.1) is 0 Å². The first-order valence-electron chi connectivity index (χ1n) is 14.4. The van der Waals surface area contributed by atoms with Crippen LogP contribution in [-0.4, -0.2) is 51.9 Å². The van der Waals surface area contributed by atoms with Gasteiger partial charge < -0.3 is 15.0 Å². The summed E-state index contributed by atoms with van der Waals surface area (Å²) in [6.45, 7) is 5.18. The van der Waals surface area contributed by atoms with Crippen molar-refractivity contribution in [1.29, 1.82) is 0 Å². The molecule has 0 saturated carbocycles. The SMILES string of the molecule is CNC(=O)[C@@H](Cc1ccccc1)N(Cc1cccc(OC)c1)C(=O)CN(c1ccc(C)cc1C)S(=O)(=O)c1ccc(C)cc1. The molecule has 0 radical (unpaired) electrons. The summed E-state index contributed by atoms with van der Waals surface area (Å²) >= 11 is 0. The third kappa shape index (κ3) is 7.65. The number of methoxy groups -OCH3 is 1. The van der Waals surface area contributed by atoms with Crippen molar-refractivity contribution in [3.63, 3.8) is 0 Å². The number of hydrogen-bond acceptors (Lipinski definition) is 5. The maximum atomic E-state index is 14.5. The molecule has 1 atom stereocenters. The molecule has 0 spiro atoms. The van der Waals surface area contributed by atoms with Gasteiger partial charge in [-0.2, -0.15) is 0 Å². The summed E-state index contributed by atoms with van der Waals surface area (Å²) in [7, 11) is -1.08. The largest absolute Gasteiger partial charge is 0.497 e. The van der Waals surface area contributed by atoms with Crippen molar-refractivity contribution in [3.8, 4) is 5.75 Å². The van der Waals surface area contributed by atoms with Gasteiger partial charge in [-0.1, -0.05) is 77.9 Å². The van der Waals surface area contributed by atoms with Crippen molar-refractivity contribution in [1.82, 2.24) is 10.2 Å². The number of carbonyl (C=O) groups excluding carboxylic acids is 2. The Balaban J connectivity index is 1.82. The Labute approximate surface area is 260 Å². The molecule has 0 aliphatic rings. The molecule has 0 saturated heterocycles. The van der Waals surface area contributed by atoms with Gasteiger partial charge in [0.25, 0.3) is 10.0 Å². The molecule has 0 heterocycles. The van der Waals surface area contributed by atoms with E-state index >= 15 is 0 Å². The van der Waals surface area contributed by atoms with Gasteiger partial charge in [-0.05, 0) is 67.8 Å². The van der Waals surface area contributed by atoms with E-state index < -0.39 is 28.5 Å². The number of hydrogen-bond donors (Lipinski definition) is 1. The second kappa shape index (κ2) is 14.2. The van der Waals surface area contributed by atoms with Crippen LogP contribution in [0.1, 0.15) is 27.8 Å². The highest BCUT2D eigenvalue weighted by Crippen LogP contribution is 2.29. The van der Waals surface area contributed by atoms with Crippen molar-refractivity contribution in [3.05, 3.63) is 125 Å². The van der Waals surface area contributed by atoms with E-state index in [1.165, 1.54) is 11.9 Å². The zero-order valence-corrected chi connectivity index (χ0v) is 26.6. The number of sulfonamides is 1. The average molecular weight is 614 g/mol. The number of ether oxygens (including phenoxy) is 1. The molecule has 0 bridgehead atoms. The molecule has 9 heteroatoms. The molecule has 1 N–H and O–H groups in total. The number of nitrogens with zero attached hydrogens (tertiary/aromatic N) is 2. The van der Waals surface area contributed by atoms with E-state index in [1.54, 1.807) is 49.6 Å². The van der Waals surface area contributed by atoms with Gasteiger partial charge in [0, 0.05) is 20.0 Å². The molecule has 230 valence electrons. The highest BCUT2D eigenvalue weighted by atomic mass is 32.2. The van der Waals surface area contributed by atoms with E-state index in [9.17, 15) is 18.0 Å². The summed E-state index contributed by atoms with van der Waals surface area (Å²) in [6.07, 6.45) is 0.241. The fourth-order valence-electron chi connectivity index (χ4n) is 5.12. The van der Waals surface area contributed by atoms with Crippen LogP contribution in [0.3, 0.4) is 0 Å². The van der Waals surface area contributed by atoms with Crippen LogP contribution in [0.25, 0.3) is 0 Å². The molecule has 0 aliphatic heterocycles. The van der Waals surface area contributed by atoms with E-state index in [0.717, 1.165) is 26.6 Å². The predicted molar refractivity (Wildman–Crippen MR) is 173 cm³/mol. The molecule has 44 heavy (non-hydrogen) atoms. The smallest absolute Gasteiger partial charge is 0.264 e. The summed E-state index contributed by atoms with van der Waals surface area (Å²) in [6, 6.07) is 27.7. The fraction of sp³-hybridized carbons (Fsp3) is 0.257. The fourth-order valence-corrected chi connectivity index (χ4v) is 6.60. The second-order valence-corrected chi connectivity index (χ2v) is 12.7. The molecule has 4 rings (SSSR count). The number of carbonyl (C=O) groups is 2. The standard InChI is InChI=1S/C35H39N3O5S/c1-25-14-17-31(18-15-25)44(41,42)38(32-19-16-26(2)20-27(32)3)24-34(39)37(23-29-12-9-13-30(21-29)43-5)33(35(40)36-4)22-28-10-7-6-8-11-28/h6-21,33H,22-24H2,1-5H3,(H,36,40)/t33-/m1/s1. The van der Waals surface area contributed by atoms with Gasteiger partial charge in [-0.3, -0.25) is 13.9 Å². The lowest BCUT2D eigenvalue weighted by atomic mass is 10.0. The van der Waals surface area contributed by atoms with Crippen molar-refractivity contribution in [2.45, 2.75) is 44.7 Å². The van der Waals surface area contributed by atoms with Crippen molar-refractivity contribution in [2.75, 3.05) is 25.0 Å². The van der Waals surface area contributed by atoms with Crippen LogP contribution in [0.15, 0.2) is 102 Å². The highest BCUT2D eigenvalue weighted by Gasteiger charge is 2.34. The third-order valence-corrected chi connectivity index (χ3v) is 9.29. The normalized spacial score (nSPS) is 11.8. The molecule has 0 fully saturated rings. The van der Waals surface area contributed by atoms with Gasteiger partial charge in [0.2, 0.25) is 11.8 Å². The monoisotopic (exact) mass is 613 g/mol. The maximum Gasteiger partial charge on any atom is 0.264 e. The third-order valence-electron chi connectivity index (χ3n) is 7.51. The van der Waals surface area contributed by atoms with Gasteiger partial charge >= 0.3 is 0 Å². The number of aryl methyl sites for hydroxylation is 3. The van der Waals surface area contributed by atoms with Crippen LogP contribution in [0.5, 0.6) is 5.75 Å². The zero-order chi connectivity index (χ0) is 31.9. The number of anilines is 1. The van der Waals surface area contributed by atoms with Crippen LogP contribution < -0.4 is 14.4 Å². The summed E-state index contributed by atoms with van der Waals surface area (Å²) in [5.41, 5.74) is 4.58. The van der Waals surface area contributed by atoms with Crippen LogP contribution in [0.2, 0.25) is 0 Å². The topological polar surface area (TPSA) is 96.0 Å². The molecule has 0 unspecified atom stereocenters. The Hall–Kier alpha value is -4.63. The Morgan fingerprint density at radius 2 is 1.48 bits per heavy atom. The Morgan fingerprint density at radius 3 is 2.11 bits per heavy atom. The Morgan fingerprint density at radius 1 is 0.818 bits per heavy atom. The van der Waals surface area contributed by atoms with Crippen LogP contribution in [0, 0.1) is 20.8 Å². The first kappa shape index (κ1) is 32.3. The van der Waals surface area contributed by atoms with Gasteiger partial charge in [0.1, 0.15) is 18.3 Å². The summed E-state index contributed by atoms with van der Waals surface area (Å²) < 4.78 is 34.9. The van der Waals surface area contributed by atoms with E-state index in [1.807, 2.05) is 75.4 Å². The Kier molecular flexibility index (Phi) is 10.4. The van der Waals surface area contributed by atoms with Gasteiger partial charge in [0.15, 0.2) is 0 Å². The highest BCUT2D eigenvalue weighted by molar-refractivity contribution is 7.92. The van der Waals surface area contributed by atoms with E-state index in [-0.39, 0.29) is 23.8 Å². The van der Waals surface area contributed by atoms with Crippen molar-refractivity contribution < 1.29 is 22.7 Å². The second-order valence-electron chi connectivity index (χ2n) is 10.8. The number of likely N-dealkylation sites (N-methyl/N-ethyl adjacent to an activating group) is 1. The van der Waals surface area contributed by atoms with E-state index in [4.69, 9.17) is 4.74 Å². The quantitative estimate of drug-likeness (QED) is 0.237. The maximum absolute atomic E-state index is 14.5. The minimum absolute atomic E-state index is 0.0618. The first-order valence-corrected chi connectivity index (χ1v) is 15.8. The molecular formula is C35H39N3O5S. The zero-order valence-electron chi connectivity index (χ0n) is 25.8. The lowest BCUT2D eigenvalue weighted by molar-refractivity contribution is -0.139. The first-order chi connectivity index (χ1) is 21.0. The lowest BCUT2D eigenvalue weighted by Gasteiger charge is -2.34. The molecule has 8 nitrogen and oxygen atoms in total. The van der Waals surface area contributed by atoms with Crippen molar-refractivity contribution >= 4 is 27.5 Å². The average Bonchev–Trinajstić information content (AvgIpc) is 3.02. The van der Waals surface area contributed by atoms with Crippen LogP contribution in [-0.2, 0) is 32.6 Å². The van der Waals surface area contributed by atoms with Crippen LogP contribution in [0.4, 0.5) is 5.69 Å². The molecule has 4 aromatic rings. The molecule has 4 aromatic carbocycles. The summed E-state index contributed by atoms with van der Waals surface area (Å²) in [4.78, 5) is 29.4. The van der Waals surface area contributed by atoms with Crippen LogP contribution >= 0.6 is 0 Å². The van der Waals surface area contributed by atoms with Crippen molar-refractivity contribution in [2.24, 2.45) is 0 Å². The number of amides is 2. The minimum atomic E-state index is -4.16. The minimum Gasteiger partial charge on any atom is -0.497 e. The van der Waals surface area contributed by atoms with Gasteiger partial charge in [0.05, 0.1) is 17.7 Å². The van der Waals surface area contributed by atoms with E-state index in [2.05, 4.69) is 5.32 Å². The van der Waals surface area contributed by atoms with Gasteiger partial charge in [-0.25, -0.2) is 8.42 Å². The summed E-state index contributed by atoms with van der Waals surface area (Å²) in [5, 5.41) is 2.70. The molecule has 0 aliphatic carbocycles. The molecular weight excluding hydrogens is 574 g/mol. The number of nitrogens with one attached hydrogen (secondary N) is 1. The molecule has 2 amide bonds. The predicted octanol–water partition coefficient (Wildman–Crippen LogP) is 5.20. The lowest BCUT2D eigenvalue weighted by Crippen LogP contribution is -2.53. The number of rotatable bonds is 12.